The highest BCUT2D eigenvalue weighted by atomic mass is 79.9. The Labute approximate surface area is 218 Å². The molecule has 1 fully saturated rings. The van der Waals surface area contributed by atoms with Gasteiger partial charge in [0.25, 0.3) is 5.56 Å². The van der Waals surface area contributed by atoms with Crippen LogP contribution in [0, 0.1) is 11.7 Å². The Morgan fingerprint density at radius 2 is 2.03 bits per heavy atom. The third-order valence-corrected chi connectivity index (χ3v) is 8.46. The van der Waals surface area contributed by atoms with Crippen molar-refractivity contribution >= 4 is 41.1 Å². The Kier molecular flexibility index (Phi) is 9.18. The van der Waals surface area contributed by atoms with Gasteiger partial charge in [0.05, 0.1) is 25.3 Å². The molecule has 2 N–H and O–H groups in total. The summed E-state index contributed by atoms with van der Waals surface area (Å²) in [6, 6.07) is 5.74. The number of rotatable bonds is 10. The Morgan fingerprint density at radius 3 is 2.64 bits per heavy atom. The highest BCUT2D eigenvalue weighted by Gasteiger charge is 2.55. The van der Waals surface area contributed by atoms with Crippen molar-refractivity contribution in [2.45, 2.75) is 36.1 Å². The predicted octanol–water partition coefficient (Wildman–Crippen LogP) is 2.75. The van der Waals surface area contributed by atoms with Crippen LogP contribution >= 0.6 is 35.1 Å². The van der Waals surface area contributed by atoms with Crippen LogP contribution in [0.4, 0.5) is 4.39 Å². The molecule has 36 heavy (non-hydrogen) atoms. The summed E-state index contributed by atoms with van der Waals surface area (Å²) in [6.07, 6.45) is -3.24. The highest BCUT2D eigenvalue weighted by Crippen LogP contribution is 2.52. The van der Waals surface area contributed by atoms with Gasteiger partial charge < -0.3 is 19.1 Å². The molecule has 1 aliphatic rings. The van der Waals surface area contributed by atoms with Crippen LogP contribution in [0.25, 0.3) is 0 Å². The third-order valence-electron chi connectivity index (χ3n) is 5.16. The first kappa shape index (κ1) is 28.5. The second-order valence-electron chi connectivity index (χ2n) is 7.95. The van der Waals surface area contributed by atoms with E-state index in [1.165, 1.54) is 19.1 Å². The van der Waals surface area contributed by atoms with Gasteiger partial charge in [-0.1, -0.05) is 34.5 Å². The van der Waals surface area contributed by atoms with E-state index in [2.05, 4.69) is 20.9 Å². The van der Waals surface area contributed by atoms with Crippen LogP contribution < -0.4 is 15.8 Å². The van der Waals surface area contributed by atoms with E-state index < -0.39 is 71.5 Å². The summed E-state index contributed by atoms with van der Waals surface area (Å²) < 4.78 is 47.9. The number of alkyl halides is 2. The van der Waals surface area contributed by atoms with Crippen LogP contribution in [0.15, 0.2) is 46.1 Å². The van der Waals surface area contributed by atoms with Crippen molar-refractivity contribution in [3.05, 3.63) is 63.2 Å². The van der Waals surface area contributed by atoms with Gasteiger partial charge in [0.2, 0.25) is 0 Å². The minimum atomic E-state index is -4.11. The molecule has 11 nitrogen and oxygen atoms in total. The standard InChI is InChI=1S/C21H24BrClFN2O9P/c1-3-32-18(29)12(2)11-36(31,35-14-6-4-13(24)5-7-14)33-10-15-17(28)21(22,23)19(34-15)26-9-8-16(27)25-20(26)30/h4-9,12,15,17,19,28H,3,10-11H2,1-2H3,(H,25,27,30)/t12-,15-,17-,19-,21+,36+/m1/s1. The van der Waals surface area contributed by atoms with Crippen LogP contribution in [0.2, 0.25) is 0 Å². The van der Waals surface area contributed by atoms with E-state index in [4.69, 9.17) is 30.1 Å². The number of aromatic amines is 1. The number of carbonyl (C=O) groups is 1. The Hall–Kier alpha value is -2.02. The fraction of sp³-hybridized carbons (Fsp3) is 0.476. The zero-order valence-corrected chi connectivity index (χ0v) is 22.4. The smallest absolute Gasteiger partial charge is 0.380 e. The number of aromatic nitrogens is 2. The van der Waals surface area contributed by atoms with Crippen LogP contribution in [0.5, 0.6) is 5.75 Å². The Balaban J connectivity index is 1.81. The lowest BCUT2D eigenvalue weighted by atomic mass is 10.2. The molecule has 1 aromatic heterocycles. The van der Waals surface area contributed by atoms with Gasteiger partial charge in [-0.05, 0) is 31.2 Å². The van der Waals surface area contributed by atoms with Crippen molar-refractivity contribution < 1.29 is 37.4 Å². The number of aliphatic hydroxyl groups excluding tert-OH is 1. The molecule has 2 aromatic rings. The summed E-state index contributed by atoms with van der Waals surface area (Å²) in [4.78, 5) is 37.8. The van der Waals surface area contributed by atoms with Crippen LogP contribution in [0.1, 0.15) is 20.1 Å². The molecule has 2 heterocycles. The molecule has 1 aromatic carbocycles. The first-order chi connectivity index (χ1) is 16.9. The van der Waals surface area contributed by atoms with Crippen molar-refractivity contribution in [1.82, 2.24) is 9.55 Å². The lowest BCUT2D eigenvalue weighted by Crippen LogP contribution is -2.40. The highest BCUT2D eigenvalue weighted by molar-refractivity contribution is 9.10. The Morgan fingerprint density at radius 1 is 1.36 bits per heavy atom. The van der Waals surface area contributed by atoms with Crippen LogP contribution in [-0.2, 0) is 23.4 Å². The van der Waals surface area contributed by atoms with Gasteiger partial charge in [0, 0.05) is 12.3 Å². The topological polar surface area (TPSA) is 146 Å². The zero-order chi connectivity index (χ0) is 26.7. The first-order valence-corrected chi connectivity index (χ1v) is 13.6. The number of H-pyrrole nitrogens is 1. The minimum absolute atomic E-state index is 0.0218. The number of nitrogens with one attached hydrogen (secondary N) is 1. The molecule has 1 aliphatic heterocycles. The minimum Gasteiger partial charge on any atom is -0.466 e. The number of esters is 1. The molecule has 0 amide bonds. The third kappa shape index (κ3) is 6.64. The maximum Gasteiger partial charge on any atom is 0.380 e. The average Bonchev–Trinajstić information content (AvgIpc) is 3.03. The van der Waals surface area contributed by atoms with Crippen LogP contribution in [0.3, 0.4) is 0 Å². The maximum atomic E-state index is 13.6. The van der Waals surface area contributed by atoms with Crippen molar-refractivity contribution in [3.63, 3.8) is 0 Å². The summed E-state index contributed by atoms with van der Waals surface area (Å²) in [7, 11) is -4.11. The van der Waals surface area contributed by atoms with Crippen molar-refractivity contribution in [1.29, 1.82) is 0 Å². The largest absolute Gasteiger partial charge is 0.466 e. The lowest BCUT2D eigenvalue weighted by Gasteiger charge is -2.25. The van der Waals surface area contributed by atoms with Gasteiger partial charge in [0.1, 0.15) is 23.8 Å². The molecule has 3 rings (SSSR count). The number of ether oxygens (including phenoxy) is 2. The molecule has 1 saturated heterocycles. The molecule has 198 valence electrons. The van der Waals surface area contributed by atoms with Gasteiger partial charge in [-0.15, -0.1) is 0 Å². The van der Waals surface area contributed by atoms with Gasteiger partial charge >= 0.3 is 19.3 Å². The fourth-order valence-corrected chi connectivity index (χ4v) is 6.16. The molecule has 6 atom stereocenters. The second kappa shape index (κ2) is 11.6. The summed E-state index contributed by atoms with van der Waals surface area (Å²) in [6.45, 7) is 2.69. The normalized spacial score (nSPS) is 26.2. The lowest BCUT2D eigenvalue weighted by molar-refractivity contribution is -0.146. The molecular weight excluding hydrogens is 590 g/mol. The van der Waals surface area contributed by atoms with E-state index >= 15 is 0 Å². The monoisotopic (exact) mass is 612 g/mol. The molecule has 0 bridgehead atoms. The van der Waals surface area contributed by atoms with E-state index in [1.54, 1.807) is 6.92 Å². The zero-order valence-electron chi connectivity index (χ0n) is 19.1. The Bertz CT molecular complexity index is 1240. The number of benzene rings is 1. The molecular formula is C21H24BrClFN2O9P. The predicted molar refractivity (Wildman–Crippen MR) is 130 cm³/mol. The van der Waals surface area contributed by atoms with E-state index in [1.807, 2.05) is 0 Å². The van der Waals surface area contributed by atoms with E-state index in [9.17, 15) is 28.4 Å². The quantitative estimate of drug-likeness (QED) is 0.235. The second-order valence-corrected chi connectivity index (χ2v) is 12.4. The number of aliphatic hydroxyl groups is 1. The van der Waals surface area contributed by atoms with E-state index in [-0.39, 0.29) is 12.4 Å². The molecule has 0 aliphatic carbocycles. The van der Waals surface area contributed by atoms with E-state index in [0.717, 1.165) is 29.0 Å². The van der Waals surface area contributed by atoms with Gasteiger partial charge in [-0.2, -0.15) is 0 Å². The molecule has 15 heteroatoms. The number of hydrogen-bond acceptors (Lipinski definition) is 9. The number of halogens is 3. The SMILES string of the molecule is CCOC(=O)[C@H](C)C[P@](=O)(OC[C@H]1O[C@@H](n2ccc(=O)[nH]c2=O)[C@](Cl)(Br)[C@@H]1O)Oc1ccc(F)cc1. The number of nitrogens with zero attached hydrogens (tertiary/aromatic N) is 1. The van der Waals surface area contributed by atoms with E-state index in [0.29, 0.717) is 0 Å². The van der Waals surface area contributed by atoms with Gasteiger partial charge in [0.15, 0.2) is 10.0 Å². The van der Waals surface area contributed by atoms with Crippen molar-refractivity contribution in [2.24, 2.45) is 5.92 Å². The van der Waals surface area contributed by atoms with Crippen molar-refractivity contribution in [2.75, 3.05) is 19.4 Å². The number of hydrogen-bond donors (Lipinski definition) is 2. The maximum absolute atomic E-state index is 13.6. The van der Waals surface area contributed by atoms with Crippen molar-refractivity contribution in [3.8, 4) is 5.75 Å². The fourth-order valence-electron chi connectivity index (χ4n) is 3.37. The van der Waals surface area contributed by atoms with Crippen LogP contribution in [-0.4, -0.2) is 56.0 Å². The summed E-state index contributed by atoms with van der Waals surface area (Å²) in [5, 5.41) is 10.7. The summed E-state index contributed by atoms with van der Waals surface area (Å²) >= 11 is 9.57. The molecule has 0 radical (unpaired) electrons. The average molecular weight is 614 g/mol. The molecule has 0 spiro atoms. The van der Waals surface area contributed by atoms with Gasteiger partial charge in [-0.25, -0.2) is 13.8 Å². The number of carbonyl (C=O) groups excluding carboxylic acids is 1. The molecule has 0 unspecified atom stereocenters. The van der Waals surface area contributed by atoms with Gasteiger partial charge in [-0.3, -0.25) is 23.7 Å². The summed E-state index contributed by atoms with van der Waals surface area (Å²) in [5.74, 6) is -2.03. The molecule has 0 saturated carbocycles. The first-order valence-electron chi connectivity index (χ1n) is 10.7. The summed E-state index contributed by atoms with van der Waals surface area (Å²) in [5.41, 5.74) is -1.47.